The molecule has 0 fully saturated rings. The predicted octanol–water partition coefficient (Wildman–Crippen LogP) is 8.50. The first-order valence-corrected chi connectivity index (χ1v) is 14.8. The van der Waals surface area contributed by atoms with Crippen LogP contribution in [0.5, 0.6) is 5.75 Å². The van der Waals surface area contributed by atoms with E-state index in [2.05, 4.69) is 93.2 Å². The third-order valence-electron chi connectivity index (χ3n) is 7.45. The molecule has 4 aromatic rings. The smallest absolute Gasteiger partial charge is 0.333 e. The van der Waals surface area contributed by atoms with Gasteiger partial charge in [-0.05, 0) is 89.1 Å². The van der Waals surface area contributed by atoms with Gasteiger partial charge in [0.25, 0.3) is 0 Å². The molecule has 0 saturated carbocycles. The van der Waals surface area contributed by atoms with Crippen LogP contribution in [0.2, 0.25) is 0 Å². The maximum absolute atomic E-state index is 11.8. The zero-order chi connectivity index (χ0) is 29.2. The van der Waals surface area contributed by atoms with Crippen LogP contribution in [0.15, 0.2) is 84.9 Å². The number of aliphatic hydroxyl groups excluding tert-OH is 1. The molecule has 0 aliphatic carbocycles. The summed E-state index contributed by atoms with van der Waals surface area (Å²) >= 11 is 0. The second-order valence-corrected chi connectivity index (χ2v) is 10.6. The molecule has 0 aliphatic heterocycles. The van der Waals surface area contributed by atoms with Gasteiger partial charge >= 0.3 is 5.97 Å². The van der Waals surface area contributed by atoms with Gasteiger partial charge in [0.2, 0.25) is 0 Å². The number of unbranched alkanes of at least 4 members (excludes halogenated alkanes) is 2. The summed E-state index contributed by atoms with van der Waals surface area (Å²) < 4.78 is 11.5. The van der Waals surface area contributed by atoms with E-state index in [1.165, 1.54) is 35.1 Å². The molecule has 0 radical (unpaired) electrons. The lowest BCUT2D eigenvalue weighted by Crippen LogP contribution is -2.12. The van der Waals surface area contributed by atoms with E-state index in [-0.39, 0.29) is 19.8 Å². The third-order valence-corrected chi connectivity index (χ3v) is 7.45. The number of hydrogen-bond donors (Lipinski definition) is 1. The molecule has 4 aromatic carbocycles. The molecule has 0 spiro atoms. The van der Waals surface area contributed by atoms with Crippen molar-refractivity contribution in [3.63, 3.8) is 0 Å². The van der Waals surface area contributed by atoms with Gasteiger partial charge < -0.3 is 14.6 Å². The fourth-order valence-electron chi connectivity index (χ4n) is 5.14. The van der Waals surface area contributed by atoms with E-state index >= 15 is 0 Å². The Morgan fingerprint density at radius 2 is 1.54 bits per heavy atom. The standard InChI is InChI=1S/C37H42O4/c1-5-7-8-9-28-22-33-15-14-32(25-35(33)36(23-28)40-20-21-41-37(39)26(3)4)31-16-17-34(29(6-2)24-31)30-12-10-27(11-13-30)18-19-38/h10-17,22-25,38H,3,5-9,18-21H2,1-2,4H3. The van der Waals surface area contributed by atoms with Crippen LogP contribution in [0.1, 0.15) is 56.7 Å². The summed E-state index contributed by atoms with van der Waals surface area (Å²) in [6, 6.07) is 26.2. The van der Waals surface area contributed by atoms with Crippen LogP contribution in [0.4, 0.5) is 0 Å². The Morgan fingerprint density at radius 3 is 2.24 bits per heavy atom. The summed E-state index contributed by atoms with van der Waals surface area (Å²) in [6.07, 6.45) is 6.14. The van der Waals surface area contributed by atoms with E-state index in [4.69, 9.17) is 9.47 Å². The predicted molar refractivity (Wildman–Crippen MR) is 169 cm³/mol. The Hall–Kier alpha value is -3.89. The van der Waals surface area contributed by atoms with E-state index in [0.717, 1.165) is 52.5 Å². The lowest BCUT2D eigenvalue weighted by Gasteiger charge is -2.15. The normalized spacial score (nSPS) is 11.0. The van der Waals surface area contributed by atoms with Crippen molar-refractivity contribution in [2.75, 3.05) is 19.8 Å². The highest BCUT2D eigenvalue weighted by molar-refractivity contribution is 5.93. The summed E-state index contributed by atoms with van der Waals surface area (Å²) in [5, 5.41) is 11.4. The van der Waals surface area contributed by atoms with Crippen molar-refractivity contribution in [2.24, 2.45) is 0 Å². The van der Waals surface area contributed by atoms with Crippen molar-refractivity contribution in [3.8, 4) is 28.0 Å². The average molecular weight is 551 g/mol. The molecule has 0 aromatic heterocycles. The monoisotopic (exact) mass is 550 g/mol. The van der Waals surface area contributed by atoms with Crippen molar-refractivity contribution in [1.29, 1.82) is 0 Å². The number of ether oxygens (including phenoxy) is 2. The zero-order valence-electron chi connectivity index (χ0n) is 24.7. The molecule has 4 rings (SSSR count). The Morgan fingerprint density at radius 1 is 0.805 bits per heavy atom. The van der Waals surface area contributed by atoms with E-state index in [9.17, 15) is 9.90 Å². The van der Waals surface area contributed by atoms with Crippen LogP contribution < -0.4 is 4.74 Å². The van der Waals surface area contributed by atoms with Gasteiger partial charge in [0.1, 0.15) is 19.0 Å². The first-order chi connectivity index (χ1) is 19.9. The molecule has 214 valence electrons. The van der Waals surface area contributed by atoms with Gasteiger partial charge in [-0.1, -0.05) is 93.9 Å². The highest BCUT2D eigenvalue weighted by Crippen LogP contribution is 2.35. The molecule has 0 aliphatic rings. The van der Waals surface area contributed by atoms with Gasteiger partial charge in [-0.15, -0.1) is 0 Å². The summed E-state index contributed by atoms with van der Waals surface area (Å²) in [7, 11) is 0. The fourth-order valence-corrected chi connectivity index (χ4v) is 5.14. The van der Waals surface area contributed by atoms with Crippen LogP contribution in [0.25, 0.3) is 33.0 Å². The van der Waals surface area contributed by atoms with Gasteiger partial charge in [-0.25, -0.2) is 4.79 Å². The average Bonchev–Trinajstić information content (AvgIpc) is 2.99. The number of fused-ring (bicyclic) bond motifs is 1. The number of carbonyl (C=O) groups excluding carboxylic acids is 1. The SMILES string of the molecule is C=C(C)C(=O)OCCOc1cc(CCCCC)cc2ccc(-c3ccc(-c4ccc(CCO)cc4)c(CC)c3)cc12. The third kappa shape index (κ3) is 7.86. The Bertz CT molecular complexity index is 1480. The summed E-state index contributed by atoms with van der Waals surface area (Å²) in [5.74, 6) is 0.419. The van der Waals surface area contributed by atoms with Crippen molar-refractivity contribution in [3.05, 3.63) is 102 Å². The number of aryl methyl sites for hydroxylation is 2. The van der Waals surface area contributed by atoms with Crippen LogP contribution in [-0.2, 0) is 28.8 Å². The van der Waals surface area contributed by atoms with Crippen molar-refractivity contribution in [2.45, 2.75) is 59.3 Å². The van der Waals surface area contributed by atoms with Crippen molar-refractivity contribution < 1.29 is 19.4 Å². The minimum atomic E-state index is -0.398. The van der Waals surface area contributed by atoms with Gasteiger partial charge in [-0.2, -0.15) is 0 Å². The van der Waals surface area contributed by atoms with Crippen molar-refractivity contribution in [1.82, 2.24) is 0 Å². The van der Waals surface area contributed by atoms with Crippen LogP contribution in [-0.4, -0.2) is 30.9 Å². The summed E-state index contributed by atoms with van der Waals surface area (Å²) in [6.45, 7) is 10.3. The van der Waals surface area contributed by atoms with Crippen LogP contribution >= 0.6 is 0 Å². The molecule has 0 bridgehead atoms. The molecule has 0 saturated heterocycles. The summed E-state index contributed by atoms with van der Waals surface area (Å²) in [4.78, 5) is 11.8. The molecule has 0 atom stereocenters. The maximum Gasteiger partial charge on any atom is 0.333 e. The van der Waals surface area contributed by atoms with E-state index in [1.54, 1.807) is 6.92 Å². The Balaban J connectivity index is 1.64. The van der Waals surface area contributed by atoms with E-state index < -0.39 is 5.97 Å². The molecule has 0 amide bonds. The largest absolute Gasteiger partial charge is 0.489 e. The topological polar surface area (TPSA) is 55.8 Å². The molecule has 1 N–H and O–H groups in total. The molecule has 0 heterocycles. The molecule has 4 nitrogen and oxygen atoms in total. The van der Waals surface area contributed by atoms with Crippen LogP contribution in [0.3, 0.4) is 0 Å². The minimum Gasteiger partial charge on any atom is -0.489 e. The highest BCUT2D eigenvalue weighted by Gasteiger charge is 2.12. The van der Waals surface area contributed by atoms with E-state index in [1.807, 2.05) is 0 Å². The maximum atomic E-state index is 11.8. The number of carbonyl (C=O) groups is 1. The quantitative estimate of drug-likeness (QED) is 0.0971. The lowest BCUT2D eigenvalue weighted by atomic mass is 9.92. The molecular formula is C37H42O4. The van der Waals surface area contributed by atoms with Crippen molar-refractivity contribution >= 4 is 16.7 Å². The number of benzene rings is 4. The number of aliphatic hydroxyl groups is 1. The second-order valence-electron chi connectivity index (χ2n) is 10.6. The molecule has 41 heavy (non-hydrogen) atoms. The minimum absolute atomic E-state index is 0.162. The number of hydrogen-bond acceptors (Lipinski definition) is 4. The van der Waals surface area contributed by atoms with Gasteiger partial charge in [-0.3, -0.25) is 0 Å². The molecular weight excluding hydrogens is 508 g/mol. The first-order valence-electron chi connectivity index (χ1n) is 14.8. The fraction of sp³-hybridized carbons (Fsp3) is 0.324. The molecule has 4 heteroatoms. The summed E-state index contributed by atoms with van der Waals surface area (Å²) in [5.41, 5.74) is 8.80. The first kappa shape index (κ1) is 30.1. The Kier molecular flexibility index (Phi) is 10.8. The highest BCUT2D eigenvalue weighted by atomic mass is 16.6. The van der Waals surface area contributed by atoms with Gasteiger partial charge in [0.15, 0.2) is 0 Å². The second kappa shape index (κ2) is 14.7. The number of rotatable bonds is 14. The number of esters is 1. The van der Waals surface area contributed by atoms with Crippen LogP contribution in [0, 0.1) is 0 Å². The van der Waals surface area contributed by atoms with Gasteiger partial charge in [0, 0.05) is 17.6 Å². The zero-order valence-corrected chi connectivity index (χ0v) is 24.7. The lowest BCUT2D eigenvalue weighted by molar-refractivity contribution is -0.139. The van der Waals surface area contributed by atoms with Gasteiger partial charge in [0.05, 0.1) is 0 Å². The Labute approximate surface area is 244 Å². The molecule has 0 unspecified atom stereocenters. The van der Waals surface area contributed by atoms with E-state index in [0.29, 0.717) is 12.0 Å².